The van der Waals surface area contributed by atoms with Gasteiger partial charge in [0.05, 0.1) is 23.9 Å². The van der Waals surface area contributed by atoms with Crippen LogP contribution in [0.15, 0.2) is 17.8 Å². The molecule has 0 aliphatic rings. The van der Waals surface area contributed by atoms with Gasteiger partial charge in [0, 0.05) is 37.9 Å². The van der Waals surface area contributed by atoms with Crippen LogP contribution in [0.2, 0.25) is 0 Å². The van der Waals surface area contributed by atoms with Gasteiger partial charge in [0.1, 0.15) is 5.82 Å². The van der Waals surface area contributed by atoms with Crippen LogP contribution in [-0.2, 0) is 20.1 Å². The molecule has 0 bridgehead atoms. The smallest absolute Gasteiger partial charge is 0.122 e. The first-order chi connectivity index (χ1) is 8.69. The summed E-state index contributed by atoms with van der Waals surface area (Å²) in [5.74, 6) is 0.996. The summed E-state index contributed by atoms with van der Waals surface area (Å²) in [6, 6.07) is 0. The first kappa shape index (κ1) is 13.2. The molecule has 0 saturated heterocycles. The number of nitrogens with zero attached hydrogens (tertiary/aromatic N) is 4. The highest BCUT2D eigenvalue weighted by Crippen LogP contribution is 2.12. The molecule has 0 unspecified atom stereocenters. The van der Waals surface area contributed by atoms with Crippen molar-refractivity contribution in [2.75, 3.05) is 13.2 Å². The lowest BCUT2D eigenvalue weighted by Crippen LogP contribution is -2.27. The van der Waals surface area contributed by atoms with Crippen molar-refractivity contribution in [2.45, 2.75) is 20.0 Å². The SMILES string of the molecule is Cc1nc(CN(CCO)Cc2nccn2C)cs1. The Bertz CT molecular complexity index is 494. The van der Waals surface area contributed by atoms with Gasteiger partial charge in [-0.25, -0.2) is 9.97 Å². The lowest BCUT2D eigenvalue weighted by atomic mass is 10.4. The molecule has 0 aliphatic heterocycles. The zero-order chi connectivity index (χ0) is 13.0. The van der Waals surface area contributed by atoms with E-state index in [1.54, 1.807) is 17.5 Å². The number of aryl methyl sites for hydroxylation is 2. The van der Waals surface area contributed by atoms with Gasteiger partial charge in [0.2, 0.25) is 0 Å². The van der Waals surface area contributed by atoms with E-state index in [1.807, 2.05) is 24.7 Å². The van der Waals surface area contributed by atoms with Crippen LogP contribution in [0.1, 0.15) is 16.5 Å². The number of aliphatic hydroxyl groups excluding tert-OH is 1. The third-order valence-corrected chi connectivity index (χ3v) is 3.58. The van der Waals surface area contributed by atoms with E-state index in [1.165, 1.54) is 0 Å². The van der Waals surface area contributed by atoms with Crippen molar-refractivity contribution in [3.8, 4) is 0 Å². The van der Waals surface area contributed by atoms with Crippen molar-refractivity contribution < 1.29 is 5.11 Å². The maximum Gasteiger partial charge on any atom is 0.122 e. The molecule has 0 radical (unpaired) electrons. The van der Waals surface area contributed by atoms with Crippen LogP contribution in [0.3, 0.4) is 0 Å². The number of imidazole rings is 1. The topological polar surface area (TPSA) is 54.2 Å². The second kappa shape index (κ2) is 6.08. The Morgan fingerprint density at radius 2 is 2.28 bits per heavy atom. The molecule has 0 fully saturated rings. The second-order valence-electron chi connectivity index (χ2n) is 4.25. The van der Waals surface area contributed by atoms with Crippen LogP contribution in [0.5, 0.6) is 0 Å². The van der Waals surface area contributed by atoms with Crippen LogP contribution >= 0.6 is 11.3 Å². The van der Waals surface area contributed by atoms with Gasteiger partial charge in [-0.2, -0.15) is 0 Å². The number of aromatic nitrogens is 3. The summed E-state index contributed by atoms with van der Waals surface area (Å²) in [4.78, 5) is 10.9. The Morgan fingerprint density at radius 3 is 2.83 bits per heavy atom. The fourth-order valence-corrected chi connectivity index (χ4v) is 2.42. The van der Waals surface area contributed by atoms with Gasteiger partial charge < -0.3 is 9.67 Å². The number of hydrogen-bond acceptors (Lipinski definition) is 5. The molecule has 0 aliphatic carbocycles. The highest BCUT2D eigenvalue weighted by Gasteiger charge is 2.11. The van der Waals surface area contributed by atoms with Crippen LogP contribution in [-0.4, -0.2) is 37.7 Å². The van der Waals surface area contributed by atoms with E-state index in [-0.39, 0.29) is 6.61 Å². The quantitative estimate of drug-likeness (QED) is 0.853. The van der Waals surface area contributed by atoms with Crippen molar-refractivity contribution in [3.05, 3.63) is 34.3 Å². The van der Waals surface area contributed by atoms with E-state index in [2.05, 4.69) is 20.2 Å². The first-order valence-corrected chi connectivity index (χ1v) is 6.77. The Hall–Kier alpha value is -1.24. The van der Waals surface area contributed by atoms with Crippen LogP contribution in [0.25, 0.3) is 0 Å². The molecule has 0 saturated carbocycles. The molecule has 2 aromatic rings. The minimum absolute atomic E-state index is 0.146. The van der Waals surface area contributed by atoms with Gasteiger partial charge in [-0.15, -0.1) is 11.3 Å². The number of thiazole rings is 1. The maximum atomic E-state index is 9.13. The molecule has 0 atom stereocenters. The van der Waals surface area contributed by atoms with Crippen molar-refractivity contribution in [1.82, 2.24) is 19.4 Å². The number of hydrogen-bond donors (Lipinski definition) is 1. The molecule has 6 heteroatoms. The fraction of sp³-hybridized carbons (Fsp3) is 0.500. The Labute approximate surface area is 111 Å². The van der Waals surface area contributed by atoms with Gasteiger partial charge >= 0.3 is 0 Å². The van der Waals surface area contributed by atoms with E-state index >= 15 is 0 Å². The monoisotopic (exact) mass is 266 g/mol. The van der Waals surface area contributed by atoms with E-state index in [9.17, 15) is 0 Å². The van der Waals surface area contributed by atoms with Crippen molar-refractivity contribution >= 4 is 11.3 Å². The molecular weight excluding hydrogens is 248 g/mol. The molecule has 0 spiro atoms. The third kappa shape index (κ3) is 3.38. The van der Waals surface area contributed by atoms with Gasteiger partial charge in [-0.05, 0) is 6.92 Å². The fourth-order valence-electron chi connectivity index (χ4n) is 1.81. The summed E-state index contributed by atoms with van der Waals surface area (Å²) in [5.41, 5.74) is 1.06. The van der Waals surface area contributed by atoms with Gasteiger partial charge in [-0.1, -0.05) is 0 Å². The third-order valence-electron chi connectivity index (χ3n) is 2.75. The van der Waals surface area contributed by atoms with Crippen LogP contribution in [0, 0.1) is 6.92 Å². The van der Waals surface area contributed by atoms with Gasteiger partial charge in [0.25, 0.3) is 0 Å². The zero-order valence-corrected chi connectivity index (χ0v) is 11.5. The summed E-state index contributed by atoms with van der Waals surface area (Å²) in [6.45, 7) is 4.25. The minimum Gasteiger partial charge on any atom is -0.395 e. The first-order valence-electron chi connectivity index (χ1n) is 5.89. The van der Waals surface area contributed by atoms with Crippen LogP contribution in [0.4, 0.5) is 0 Å². The van der Waals surface area contributed by atoms with Crippen molar-refractivity contribution in [3.63, 3.8) is 0 Å². The molecular formula is C12H18N4OS. The summed E-state index contributed by atoms with van der Waals surface area (Å²) < 4.78 is 2.00. The second-order valence-corrected chi connectivity index (χ2v) is 5.31. The van der Waals surface area contributed by atoms with E-state index in [4.69, 9.17) is 5.11 Å². The van der Waals surface area contributed by atoms with Gasteiger partial charge in [0.15, 0.2) is 0 Å². The molecule has 2 rings (SSSR count). The molecule has 0 aromatic carbocycles. The van der Waals surface area contributed by atoms with Crippen molar-refractivity contribution in [1.29, 1.82) is 0 Å². The van der Waals surface area contributed by atoms with E-state index < -0.39 is 0 Å². The Morgan fingerprint density at radius 1 is 1.44 bits per heavy atom. The molecule has 1 N–H and O–H groups in total. The average molecular weight is 266 g/mol. The summed E-state index contributed by atoms with van der Waals surface area (Å²) in [6.07, 6.45) is 3.72. The molecule has 5 nitrogen and oxygen atoms in total. The van der Waals surface area contributed by atoms with Crippen molar-refractivity contribution in [2.24, 2.45) is 7.05 Å². The zero-order valence-electron chi connectivity index (χ0n) is 10.7. The minimum atomic E-state index is 0.146. The highest BCUT2D eigenvalue weighted by molar-refractivity contribution is 7.09. The summed E-state index contributed by atoms with van der Waals surface area (Å²) >= 11 is 1.65. The van der Waals surface area contributed by atoms with E-state index in [0.29, 0.717) is 6.54 Å². The molecule has 98 valence electrons. The standard InChI is InChI=1S/C12H18N4OS/c1-10-14-11(9-18-10)7-16(5-6-17)8-12-13-3-4-15(12)2/h3-4,9,17H,5-8H2,1-2H3. The largest absolute Gasteiger partial charge is 0.395 e. The molecule has 2 aromatic heterocycles. The Kier molecular flexibility index (Phi) is 4.46. The molecule has 18 heavy (non-hydrogen) atoms. The lowest BCUT2D eigenvalue weighted by molar-refractivity contribution is 0.179. The highest BCUT2D eigenvalue weighted by atomic mass is 32.1. The Balaban J connectivity index is 2.02. The number of aliphatic hydroxyl groups is 1. The van der Waals surface area contributed by atoms with Crippen LogP contribution < -0.4 is 0 Å². The molecule has 0 amide bonds. The molecule has 2 heterocycles. The van der Waals surface area contributed by atoms with Gasteiger partial charge in [-0.3, -0.25) is 4.90 Å². The normalized spacial score (nSPS) is 11.3. The van der Waals surface area contributed by atoms with E-state index in [0.717, 1.165) is 29.6 Å². The lowest BCUT2D eigenvalue weighted by Gasteiger charge is -2.19. The number of rotatable bonds is 6. The average Bonchev–Trinajstić information content (AvgIpc) is 2.90. The maximum absolute atomic E-state index is 9.13. The predicted octanol–water partition coefficient (Wildman–Crippen LogP) is 1.18. The predicted molar refractivity (Wildman–Crippen MR) is 71.3 cm³/mol. The summed E-state index contributed by atoms with van der Waals surface area (Å²) in [5, 5.41) is 12.3. The summed E-state index contributed by atoms with van der Waals surface area (Å²) in [7, 11) is 1.98.